The van der Waals surface area contributed by atoms with Gasteiger partial charge in [0.25, 0.3) is 5.91 Å². The number of benzene rings is 2. The summed E-state index contributed by atoms with van der Waals surface area (Å²) in [6.45, 7) is -3.00. The predicted octanol–water partition coefficient (Wildman–Crippen LogP) is 4.80. The smallest absolute Gasteiger partial charge is 0.387 e. The zero-order valence-electron chi connectivity index (χ0n) is 19.4. The molecule has 7 nitrogen and oxygen atoms in total. The molecule has 9 heteroatoms. The van der Waals surface area contributed by atoms with Crippen molar-refractivity contribution in [3.8, 4) is 16.9 Å². The third-order valence-corrected chi connectivity index (χ3v) is 7.74. The van der Waals surface area contributed by atoms with Gasteiger partial charge in [-0.2, -0.15) is 8.78 Å². The number of halogens is 2. The molecule has 2 aliphatic heterocycles. The highest BCUT2D eigenvalue weighted by molar-refractivity contribution is 5.98. The van der Waals surface area contributed by atoms with E-state index in [2.05, 4.69) is 15.6 Å². The lowest BCUT2D eigenvalue weighted by atomic mass is 9.97. The lowest BCUT2D eigenvalue weighted by Gasteiger charge is -2.24. The maximum atomic E-state index is 13.3. The molecule has 4 heterocycles. The van der Waals surface area contributed by atoms with E-state index in [1.165, 1.54) is 6.07 Å². The second kappa shape index (κ2) is 7.57. The number of pyridine rings is 1. The molecule has 1 N–H and O–H groups in total. The summed E-state index contributed by atoms with van der Waals surface area (Å²) < 4.78 is 33.5. The molecule has 0 fully saturated rings. The number of amides is 1. The van der Waals surface area contributed by atoms with Gasteiger partial charge in [-0.05, 0) is 54.3 Å². The first kappa shape index (κ1) is 21.4. The zero-order chi connectivity index (χ0) is 24.7. The minimum Gasteiger partial charge on any atom is -0.434 e. The van der Waals surface area contributed by atoms with Crippen LogP contribution in [0, 0.1) is 0 Å². The van der Waals surface area contributed by atoms with Crippen molar-refractivity contribution in [2.75, 3.05) is 7.05 Å². The minimum absolute atomic E-state index is 0.0159. The number of hydrogen-bond donors (Lipinski definition) is 1. The number of ether oxygens (including phenoxy) is 1. The third kappa shape index (κ3) is 2.95. The Kier molecular flexibility index (Phi) is 4.51. The lowest BCUT2D eigenvalue weighted by molar-refractivity contribution is -0.0507. The predicted molar refractivity (Wildman–Crippen MR) is 127 cm³/mol. The van der Waals surface area contributed by atoms with Crippen molar-refractivity contribution in [2.24, 2.45) is 0 Å². The van der Waals surface area contributed by atoms with Crippen LogP contribution in [0.4, 0.5) is 8.78 Å². The van der Waals surface area contributed by atoms with Crippen molar-refractivity contribution >= 4 is 16.9 Å². The molecular weight excluding hydrogens is 466 g/mol. The van der Waals surface area contributed by atoms with Crippen LogP contribution >= 0.6 is 0 Å². The fourth-order valence-electron chi connectivity index (χ4n) is 6.07. The normalized spacial score (nSPS) is 22.1. The van der Waals surface area contributed by atoms with Gasteiger partial charge in [-0.25, -0.2) is 4.98 Å². The standard InChI is InChI=1S/C27H22F2N4O3/c1-32-20-11-19(23-16(26(32)35)3-2-4-22(23)36-27(28)29)33-18-10-13(5-7-17(18)31-25(20)33)15-9-14-6-8-21(34)24(14)30-12-15/h2-5,7,9-10,12,19-21,27,34H,6,8,11H2,1H3/t19-,20?,21?/m1/s1. The molecule has 182 valence electrons. The van der Waals surface area contributed by atoms with Crippen LogP contribution in [-0.4, -0.2) is 44.1 Å². The molecule has 0 spiro atoms. The van der Waals surface area contributed by atoms with Gasteiger partial charge < -0.3 is 19.3 Å². The summed E-state index contributed by atoms with van der Waals surface area (Å²) in [5, 5.41) is 10.1. The molecule has 7 rings (SSSR count). The summed E-state index contributed by atoms with van der Waals surface area (Å²) in [5.41, 5.74) is 6.14. The Morgan fingerprint density at radius 2 is 2.00 bits per heavy atom. The Morgan fingerprint density at radius 1 is 1.14 bits per heavy atom. The summed E-state index contributed by atoms with van der Waals surface area (Å²) in [5.74, 6) is 0.514. The molecule has 3 aliphatic rings. The number of aliphatic hydroxyl groups excluding tert-OH is 1. The molecule has 2 aromatic heterocycles. The summed E-state index contributed by atoms with van der Waals surface area (Å²) in [4.78, 5) is 24.3. The maximum Gasteiger partial charge on any atom is 0.387 e. The van der Waals surface area contributed by atoms with E-state index < -0.39 is 12.7 Å². The monoisotopic (exact) mass is 488 g/mol. The number of aliphatic hydroxyl groups is 1. The number of aromatic nitrogens is 3. The highest BCUT2D eigenvalue weighted by atomic mass is 19.3. The number of carbonyl (C=O) groups is 1. The molecule has 1 amide bonds. The quantitative estimate of drug-likeness (QED) is 0.448. The molecule has 0 saturated heterocycles. The summed E-state index contributed by atoms with van der Waals surface area (Å²) >= 11 is 0. The number of carbonyl (C=O) groups excluding carboxylic acids is 1. The SMILES string of the molecule is CN1C(=O)c2cccc(OC(F)F)c2[C@H]2CC1c1nc3ccc(-c4cnc5c(c4)CCC5O)cc3n12. The van der Waals surface area contributed by atoms with Gasteiger partial charge in [-0.15, -0.1) is 0 Å². The molecule has 4 aromatic rings. The van der Waals surface area contributed by atoms with Gasteiger partial charge in [-0.1, -0.05) is 12.1 Å². The Balaban J connectivity index is 1.42. The molecule has 3 atom stereocenters. The van der Waals surface area contributed by atoms with Gasteiger partial charge in [-0.3, -0.25) is 9.78 Å². The van der Waals surface area contributed by atoms with E-state index in [1.54, 1.807) is 30.3 Å². The first-order valence-electron chi connectivity index (χ1n) is 11.9. The fourth-order valence-corrected chi connectivity index (χ4v) is 6.07. The number of hydrogen-bond acceptors (Lipinski definition) is 5. The van der Waals surface area contributed by atoms with E-state index in [4.69, 9.17) is 9.72 Å². The van der Waals surface area contributed by atoms with Crippen LogP contribution in [0.25, 0.3) is 22.2 Å². The molecule has 1 aliphatic carbocycles. The average molecular weight is 488 g/mol. The minimum atomic E-state index is -3.00. The first-order valence-corrected chi connectivity index (χ1v) is 11.9. The molecule has 0 radical (unpaired) electrons. The summed E-state index contributed by atoms with van der Waals surface area (Å²) in [6.07, 6.45) is 3.26. The van der Waals surface area contributed by atoms with Crippen LogP contribution < -0.4 is 4.74 Å². The number of nitrogens with zero attached hydrogens (tertiary/aromatic N) is 4. The van der Waals surface area contributed by atoms with Crippen molar-refractivity contribution in [3.63, 3.8) is 0 Å². The lowest BCUT2D eigenvalue weighted by Crippen LogP contribution is -2.30. The van der Waals surface area contributed by atoms with Crippen molar-refractivity contribution in [1.29, 1.82) is 0 Å². The fraction of sp³-hybridized carbons (Fsp3) is 0.296. The first-order chi connectivity index (χ1) is 17.4. The number of alkyl halides is 2. The Bertz CT molecular complexity index is 1570. The van der Waals surface area contributed by atoms with Gasteiger partial charge in [0.1, 0.15) is 11.6 Å². The Morgan fingerprint density at radius 3 is 2.83 bits per heavy atom. The molecule has 0 saturated carbocycles. The number of aryl methyl sites for hydroxylation is 1. The van der Waals surface area contributed by atoms with Crippen LogP contribution in [0.3, 0.4) is 0 Å². The van der Waals surface area contributed by atoms with E-state index in [0.29, 0.717) is 24.0 Å². The molecule has 2 bridgehead atoms. The highest BCUT2D eigenvalue weighted by Crippen LogP contribution is 2.50. The molecular formula is C27H22F2N4O3. The Hall–Kier alpha value is -3.85. The van der Waals surface area contributed by atoms with Gasteiger partial charge in [0.05, 0.1) is 34.9 Å². The summed E-state index contributed by atoms with van der Waals surface area (Å²) in [7, 11) is 1.73. The summed E-state index contributed by atoms with van der Waals surface area (Å²) in [6, 6.07) is 12.1. The van der Waals surface area contributed by atoms with Crippen molar-refractivity contribution in [1.82, 2.24) is 19.4 Å². The molecule has 36 heavy (non-hydrogen) atoms. The van der Waals surface area contributed by atoms with Gasteiger partial charge in [0, 0.05) is 36.4 Å². The van der Waals surface area contributed by atoms with E-state index in [-0.39, 0.29) is 23.7 Å². The largest absolute Gasteiger partial charge is 0.434 e. The van der Waals surface area contributed by atoms with E-state index in [1.807, 2.05) is 18.2 Å². The van der Waals surface area contributed by atoms with Crippen LogP contribution in [-0.2, 0) is 6.42 Å². The van der Waals surface area contributed by atoms with E-state index in [0.717, 1.165) is 45.7 Å². The van der Waals surface area contributed by atoms with Gasteiger partial charge >= 0.3 is 6.61 Å². The van der Waals surface area contributed by atoms with Gasteiger partial charge in [0.15, 0.2) is 0 Å². The van der Waals surface area contributed by atoms with Crippen molar-refractivity contribution in [3.05, 3.63) is 76.9 Å². The number of rotatable bonds is 3. The number of imidazole rings is 1. The second-order valence-electron chi connectivity index (χ2n) is 9.65. The van der Waals surface area contributed by atoms with Gasteiger partial charge in [0.2, 0.25) is 0 Å². The van der Waals surface area contributed by atoms with Crippen LogP contribution in [0.1, 0.15) is 64.0 Å². The Labute approximate surface area is 205 Å². The molecule has 2 aromatic carbocycles. The second-order valence-corrected chi connectivity index (χ2v) is 9.65. The van der Waals surface area contributed by atoms with Crippen LogP contribution in [0.5, 0.6) is 5.75 Å². The van der Waals surface area contributed by atoms with Crippen LogP contribution in [0.15, 0.2) is 48.7 Å². The van der Waals surface area contributed by atoms with E-state index in [9.17, 15) is 18.7 Å². The average Bonchev–Trinajstić information content (AvgIpc) is 3.52. The van der Waals surface area contributed by atoms with Crippen molar-refractivity contribution in [2.45, 2.75) is 44.1 Å². The molecule has 2 unspecified atom stereocenters. The topological polar surface area (TPSA) is 80.5 Å². The highest BCUT2D eigenvalue weighted by Gasteiger charge is 2.45. The maximum absolute atomic E-state index is 13.3. The number of fused-ring (bicyclic) bond motifs is 10. The van der Waals surface area contributed by atoms with Crippen molar-refractivity contribution < 1.29 is 23.4 Å². The van der Waals surface area contributed by atoms with E-state index >= 15 is 0 Å². The third-order valence-electron chi connectivity index (χ3n) is 7.74. The van der Waals surface area contributed by atoms with Crippen LogP contribution in [0.2, 0.25) is 0 Å². The zero-order valence-corrected chi connectivity index (χ0v) is 19.4.